The van der Waals surface area contributed by atoms with Gasteiger partial charge in [-0.25, -0.2) is 0 Å². The summed E-state index contributed by atoms with van der Waals surface area (Å²) in [5, 5.41) is 11.6. The molecule has 0 heterocycles. The summed E-state index contributed by atoms with van der Waals surface area (Å²) in [5.74, 6) is 0.277. The van der Waals surface area contributed by atoms with Gasteiger partial charge in [-0.2, -0.15) is 0 Å². The maximum atomic E-state index is 11.5. The van der Waals surface area contributed by atoms with Gasteiger partial charge in [0.15, 0.2) is 0 Å². The summed E-state index contributed by atoms with van der Waals surface area (Å²) in [6, 6.07) is 0. The van der Waals surface area contributed by atoms with E-state index >= 15 is 0 Å². The first-order valence-corrected chi connectivity index (χ1v) is 6.71. The lowest BCUT2D eigenvalue weighted by molar-refractivity contribution is -0.128. The molecule has 1 aliphatic rings. The highest BCUT2D eigenvalue weighted by atomic mass is 16.5. The fraction of sp³-hybridized carbons (Fsp3) is 0.923. The van der Waals surface area contributed by atoms with Crippen LogP contribution in [0.25, 0.3) is 0 Å². The highest BCUT2D eigenvalue weighted by Crippen LogP contribution is 2.19. The van der Waals surface area contributed by atoms with Crippen LogP contribution in [0.3, 0.4) is 0 Å². The van der Waals surface area contributed by atoms with Crippen molar-refractivity contribution < 1.29 is 14.6 Å². The van der Waals surface area contributed by atoms with Crippen LogP contribution in [0, 0.1) is 5.92 Å². The summed E-state index contributed by atoms with van der Waals surface area (Å²) in [6.45, 7) is 2.98. The number of amides is 1. The Morgan fingerprint density at radius 1 is 1.41 bits per heavy atom. The van der Waals surface area contributed by atoms with Gasteiger partial charge in [0.2, 0.25) is 5.91 Å². The Kier molecular flexibility index (Phi) is 7.21. The number of ether oxygens (including phenoxy) is 1. The van der Waals surface area contributed by atoms with E-state index in [-0.39, 0.29) is 25.2 Å². The third-order valence-electron chi connectivity index (χ3n) is 3.27. The van der Waals surface area contributed by atoms with Gasteiger partial charge in [0, 0.05) is 13.2 Å². The molecule has 0 radical (unpaired) electrons. The van der Waals surface area contributed by atoms with E-state index in [9.17, 15) is 4.79 Å². The zero-order valence-corrected chi connectivity index (χ0v) is 10.8. The molecule has 4 heteroatoms. The van der Waals surface area contributed by atoms with Crippen LogP contribution in [-0.4, -0.2) is 36.9 Å². The number of hydrogen-bond donors (Lipinski definition) is 2. The van der Waals surface area contributed by atoms with Crippen LogP contribution in [-0.2, 0) is 9.53 Å². The smallest absolute Gasteiger partial charge is 0.246 e. The molecular formula is C13H25NO3. The van der Waals surface area contributed by atoms with E-state index in [0.29, 0.717) is 12.5 Å². The van der Waals surface area contributed by atoms with Gasteiger partial charge in [-0.05, 0) is 25.2 Å². The molecule has 1 fully saturated rings. The lowest BCUT2D eigenvalue weighted by atomic mass is 9.98. The topological polar surface area (TPSA) is 58.6 Å². The molecule has 2 N–H and O–H groups in total. The van der Waals surface area contributed by atoms with Crippen molar-refractivity contribution in [1.82, 2.24) is 5.32 Å². The molecular weight excluding hydrogens is 218 g/mol. The molecule has 0 bridgehead atoms. The van der Waals surface area contributed by atoms with Gasteiger partial charge in [-0.15, -0.1) is 0 Å². The van der Waals surface area contributed by atoms with Gasteiger partial charge in [0.05, 0.1) is 6.10 Å². The van der Waals surface area contributed by atoms with Crippen molar-refractivity contribution in [1.29, 1.82) is 0 Å². The molecule has 1 aliphatic carbocycles. The van der Waals surface area contributed by atoms with E-state index in [1.54, 1.807) is 0 Å². The number of aliphatic hydroxyl groups is 1. The number of aliphatic hydroxyl groups excluding tert-OH is 1. The second-order valence-electron chi connectivity index (χ2n) is 4.99. The standard InChI is InChI=1S/C13H25NO3/c1-11(7-8-15)9-14-13(16)10-17-12-5-3-2-4-6-12/h11-12,15H,2-10H2,1H3,(H,14,16). The molecule has 0 aromatic rings. The summed E-state index contributed by atoms with van der Waals surface area (Å²) in [6.07, 6.45) is 6.93. The first-order valence-electron chi connectivity index (χ1n) is 6.71. The van der Waals surface area contributed by atoms with Gasteiger partial charge in [-0.3, -0.25) is 4.79 Å². The van der Waals surface area contributed by atoms with Crippen molar-refractivity contribution >= 4 is 5.91 Å². The zero-order chi connectivity index (χ0) is 12.5. The van der Waals surface area contributed by atoms with Crippen LogP contribution in [0.15, 0.2) is 0 Å². The maximum absolute atomic E-state index is 11.5. The quantitative estimate of drug-likeness (QED) is 0.712. The SMILES string of the molecule is CC(CCO)CNC(=O)COC1CCCCC1. The predicted molar refractivity (Wildman–Crippen MR) is 66.7 cm³/mol. The molecule has 0 aromatic heterocycles. The van der Waals surface area contributed by atoms with E-state index in [4.69, 9.17) is 9.84 Å². The van der Waals surface area contributed by atoms with Crippen LogP contribution in [0.1, 0.15) is 45.4 Å². The van der Waals surface area contributed by atoms with Gasteiger partial charge < -0.3 is 15.2 Å². The van der Waals surface area contributed by atoms with Gasteiger partial charge in [-0.1, -0.05) is 26.2 Å². The minimum absolute atomic E-state index is 0.0413. The van der Waals surface area contributed by atoms with Crippen LogP contribution in [0.4, 0.5) is 0 Å². The van der Waals surface area contributed by atoms with Crippen molar-refractivity contribution in [2.75, 3.05) is 19.8 Å². The van der Waals surface area contributed by atoms with Crippen molar-refractivity contribution in [3.63, 3.8) is 0 Å². The average Bonchev–Trinajstić information content (AvgIpc) is 2.35. The molecule has 0 spiro atoms. The van der Waals surface area contributed by atoms with Gasteiger partial charge in [0.1, 0.15) is 6.61 Å². The number of carbonyl (C=O) groups excluding carboxylic acids is 1. The Morgan fingerprint density at radius 2 is 2.12 bits per heavy atom. The Bertz CT molecular complexity index is 215. The normalized spacial score (nSPS) is 18.9. The third kappa shape index (κ3) is 6.64. The molecule has 1 atom stereocenters. The summed E-state index contributed by atoms with van der Waals surface area (Å²) in [5.41, 5.74) is 0. The van der Waals surface area contributed by atoms with E-state index in [1.807, 2.05) is 6.92 Å². The molecule has 4 nitrogen and oxygen atoms in total. The third-order valence-corrected chi connectivity index (χ3v) is 3.27. The van der Waals surface area contributed by atoms with E-state index in [1.165, 1.54) is 19.3 Å². The largest absolute Gasteiger partial charge is 0.396 e. The highest BCUT2D eigenvalue weighted by Gasteiger charge is 2.15. The fourth-order valence-electron chi connectivity index (χ4n) is 2.09. The molecule has 1 unspecified atom stereocenters. The van der Waals surface area contributed by atoms with Crippen LogP contribution in [0.5, 0.6) is 0 Å². The Labute approximate surface area is 104 Å². The van der Waals surface area contributed by atoms with Gasteiger partial charge >= 0.3 is 0 Å². The van der Waals surface area contributed by atoms with E-state index in [2.05, 4.69) is 5.32 Å². The van der Waals surface area contributed by atoms with Crippen molar-refractivity contribution in [3.05, 3.63) is 0 Å². The monoisotopic (exact) mass is 243 g/mol. The minimum atomic E-state index is -0.0413. The second kappa shape index (κ2) is 8.48. The molecule has 17 heavy (non-hydrogen) atoms. The Balaban J connectivity index is 2.04. The molecule has 0 aromatic carbocycles. The van der Waals surface area contributed by atoms with Crippen molar-refractivity contribution in [2.24, 2.45) is 5.92 Å². The van der Waals surface area contributed by atoms with Crippen LogP contribution < -0.4 is 5.32 Å². The average molecular weight is 243 g/mol. The fourth-order valence-corrected chi connectivity index (χ4v) is 2.09. The summed E-state index contributed by atoms with van der Waals surface area (Å²) in [4.78, 5) is 11.5. The predicted octanol–water partition coefficient (Wildman–Crippen LogP) is 1.47. The zero-order valence-electron chi connectivity index (χ0n) is 10.8. The summed E-state index contributed by atoms with van der Waals surface area (Å²) in [7, 11) is 0. The lowest BCUT2D eigenvalue weighted by Gasteiger charge is -2.21. The molecule has 0 saturated heterocycles. The van der Waals surface area contributed by atoms with Crippen molar-refractivity contribution in [3.8, 4) is 0 Å². The second-order valence-corrected chi connectivity index (χ2v) is 4.99. The Morgan fingerprint density at radius 3 is 2.76 bits per heavy atom. The van der Waals surface area contributed by atoms with Crippen molar-refractivity contribution in [2.45, 2.75) is 51.6 Å². The molecule has 1 saturated carbocycles. The van der Waals surface area contributed by atoms with E-state index in [0.717, 1.165) is 19.3 Å². The van der Waals surface area contributed by atoms with E-state index < -0.39 is 0 Å². The summed E-state index contributed by atoms with van der Waals surface area (Å²) >= 11 is 0. The number of rotatable bonds is 7. The molecule has 0 aliphatic heterocycles. The summed E-state index contributed by atoms with van der Waals surface area (Å²) < 4.78 is 5.58. The first-order chi connectivity index (χ1) is 8.22. The molecule has 1 amide bonds. The maximum Gasteiger partial charge on any atom is 0.246 e. The highest BCUT2D eigenvalue weighted by molar-refractivity contribution is 5.77. The number of nitrogens with one attached hydrogen (secondary N) is 1. The lowest BCUT2D eigenvalue weighted by Crippen LogP contribution is -2.33. The number of carbonyl (C=O) groups is 1. The Hall–Kier alpha value is -0.610. The molecule has 1 rings (SSSR count). The first kappa shape index (κ1) is 14.5. The number of hydrogen-bond acceptors (Lipinski definition) is 3. The van der Waals surface area contributed by atoms with Gasteiger partial charge in [0.25, 0.3) is 0 Å². The van der Waals surface area contributed by atoms with Crippen LogP contribution in [0.2, 0.25) is 0 Å². The minimum Gasteiger partial charge on any atom is -0.396 e. The molecule has 100 valence electrons. The van der Waals surface area contributed by atoms with Crippen LogP contribution >= 0.6 is 0 Å².